The molecular formula is C19H26N2O2. The van der Waals surface area contributed by atoms with E-state index in [-0.39, 0.29) is 5.91 Å². The molecule has 4 heteroatoms. The summed E-state index contributed by atoms with van der Waals surface area (Å²) in [5, 5.41) is 12.0. The molecule has 3 rings (SSSR count). The first kappa shape index (κ1) is 16.1. The van der Waals surface area contributed by atoms with Crippen molar-refractivity contribution >= 4 is 16.8 Å². The van der Waals surface area contributed by atoms with Crippen LogP contribution >= 0.6 is 0 Å². The molecule has 1 saturated carbocycles. The molecule has 23 heavy (non-hydrogen) atoms. The van der Waals surface area contributed by atoms with Gasteiger partial charge in [-0.1, -0.05) is 44.4 Å². The Hall–Kier alpha value is -1.81. The topological polar surface area (TPSA) is 79.1 Å². The highest BCUT2D eigenvalue weighted by Crippen LogP contribution is 2.40. The van der Waals surface area contributed by atoms with E-state index >= 15 is 0 Å². The fourth-order valence-corrected chi connectivity index (χ4v) is 4.05. The molecule has 1 fully saturated rings. The first-order valence-electron chi connectivity index (χ1n) is 8.49. The van der Waals surface area contributed by atoms with Crippen LogP contribution in [0.1, 0.15) is 51.0 Å². The molecule has 1 unspecified atom stereocenters. The second-order valence-electron chi connectivity index (χ2n) is 7.42. The van der Waals surface area contributed by atoms with Gasteiger partial charge in [0.1, 0.15) is 0 Å². The molecule has 0 aliphatic heterocycles. The Morgan fingerprint density at radius 3 is 2.70 bits per heavy atom. The minimum atomic E-state index is -0.756. The van der Waals surface area contributed by atoms with Crippen LogP contribution in [0.3, 0.4) is 0 Å². The van der Waals surface area contributed by atoms with Crippen LogP contribution in [0.15, 0.2) is 30.5 Å². The fourth-order valence-electron chi connectivity index (χ4n) is 4.05. The highest BCUT2D eigenvalue weighted by molar-refractivity contribution is 5.85. The molecule has 4 N–H and O–H groups in total. The summed E-state index contributed by atoms with van der Waals surface area (Å²) in [6.45, 7) is 1.89. The number of hydrogen-bond donors (Lipinski definition) is 3. The van der Waals surface area contributed by atoms with Gasteiger partial charge in [0.2, 0.25) is 5.91 Å². The van der Waals surface area contributed by atoms with E-state index in [4.69, 9.17) is 5.73 Å². The number of nitrogens with one attached hydrogen (secondary N) is 1. The number of carbonyl (C=O) groups is 1. The summed E-state index contributed by atoms with van der Waals surface area (Å²) in [7, 11) is 0. The molecular weight excluding hydrogens is 288 g/mol. The van der Waals surface area contributed by atoms with Gasteiger partial charge in [0, 0.05) is 17.1 Å². The van der Waals surface area contributed by atoms with E-state index in [1.54, 1.807) is 0 Å². The number of hydrogen-bond acceptors (Lipinski definition) is 2. The first-order chi connectivity index (χ1) is 10.9. The predicted octanol–water partition coefficient (Wildman–Crippen LogP) is 3.29. The normalized spacial score (nSPS) is 20.3. The van der Waals surface area contributed by atoms with Gasteiger partial charge in [-0.05, 0) is 37.3 Å². The Labute approximate surface area is 137 Å². The van der Waals surface area contributed by atoms with Crippen LogP contribution < -0.4 is 5.73 Å². The lowest BCUT2D eigenvalue weighted by Gasteiger charge is -2.39. The Morgan fingerprint density at radius 2 is 2.00 bits per heavy atom. The van der Waals surface area contributed by atoms with Gasteiger partial charge in [0.25, 0.3) is 0 Å². The molecule has 2 aromatic rings. The minimum absolute atomic E-state index is 0.332. The Balaban J connectivity index is 1.87. The number of primary amides is 1. The lowest BCUT2D eigenvalue weighted by molar-refractivity contribution is -0.132. The largest absolute Gasteiger partial charge is 0.390 e. The average molecular weight is 314 g/mol. The van der Waals surface area contributed by atoms with Crippen molar-refractivity contribution in [2.45, 2.75) is 57.5 Å². The minimum Gasteiger partial charge on any atom is -0.390 e. The second-order valence-corrected chi connectivity index (χ2v) is 7.42. The van der Waals surface area contributed by atoms with E-state index in [0.29, 0.717) is 12.8 Å². The molecule has 0 radical (unpaired) electrons. The van der Waals surface area contributed by atoms with Crippen LogP contribution in [0.25, 0.3) is 10.9 Å². The van der Waals surface area contributed by atoms with Crippen LogP contribution in [-0.2, 0) is 11.2 Å². The second kappa shape index (κ2) is 6.00. The maximum Gasteiger partial charge on any atom is 0.223 e. The number of rotatable bonds is 5. The number of benzene rings is 1. The zero-order chi connectivity index (χ0) is 16.5. The van der Waals surface area contributed by atoms with Crippen LogP contribution in [0.4, 0.5) is 0 Å². The van der Waals surface area contributed by atoms with Crippen molar-refractivity contribution in [3.63, 3.8) is 0 Å². The smallest absolute Gasteiger partial charge is 0.223 e. The summed E-state index contributed by atoms with van der Waals surface area (Å²) in [5.74, 6) is -0.332. The number of carbonyl (C=O) groups excluding carboxylic acids is 1. The van der Waals surface area contributed by atoms with E-state index in [1.165, 1.54) is 0 Å². The quantitative estimate of drug-likeness (QED) is 0.792. The lowest BCUT2D eigenvalue weighted by atomic mass is 9.69. The summed E-state index contributed by atoms with van der Waals surface area (Å²) >= 11 is 0. The highest BCUT2D eigenvalue weighted by Gasteiger charge is 2.41. The van der Waals surface area contributed by atoms with Gasteiger partial charge in [0.05, 0.1) is 11.0 Å². The number of H-pyrrole nitrogens is 1. The number of nitrogens with two attached hydrogens (primary N) is 1. The molecule has 1 aromatic carbocycles. The van der Waals surface area contributed by atoms with Crippen LogP contribution in [0, 0.1) is 5.41 Å². The summed E-state index contributed by atoms with van der Waals surface area (Å²) in [5.41, 5.74) is 6.40. The van der Waals surface area contributed by atoms with Gasteiger partial charge in [-0.25, -0.2) is 0 Å². The molecule has 1 aliphatic carbocycles. The van der Waals surface area contributed by atoms with Crippen molar-refractivity contribution in [1.29, 1.82) is 0 Å². The third-order valence-electron chi connectivity index (χ3n) is 5.35. The summed E-state index contributed by atoms with van der Waals surface area (Å²) in [6.07, 6.45) is 7.70. The molecule has 0 bridgehead atoms. The van der Waals surface area contributed by atoms with E-state index in [2.05, 4.69) is 11.1 Å². The first-order valence-corrected chi connectivity index (χ1v) is 8.49. The highest BCUT2D eigenvalue weighted by atomic mass is 16.3. The zero-order valence-electron chi connectivity index (χ0n) is 13.8. The molecule has 1 aromatic heterocycles. The maximum atomic E-state index is 12.2. The number of amides is 1. The van der Waals surface area contributed by atoms with Crippen molar-refractivity contribution in [3.8, 4) is 0 Å². The lowest BCUT2D eigenvalue weighted by Crippen LogP contribution is -2.45. The Bertz CT molecular complexity index is 700. The number of aromatic amines is 1. The zero-order valence-corrected chi connectivity index (χ0v) is 13.8. The standard InChI is InChI=1S/C19H26N2O2/c1-18(17(20)22,13-19(23)9-5-2-6-10-19)11-14-12-21-16-8-4-3-7-15(14)16/h3-4,7-8,12,21,23H,2,5-6,9-11,13H2,1H3,(H2,20,22). The van der Waals surface area contributed by atoms with Crippen molar-refractivity contribution in [2.75, 3.05) is 0 Å². The maximum absolute atomic E-state index is 12.2. The number of aromatic nitrogens is 1. The van der Waals surface area contributed by atoms with Crippen molar-refractivity contribution in [3.05, 3.63) is 36.0 Å². The molecule has 4 nitrogen and oxygen atoms in total. The molecule has 1 amide bonds. The van der Waals surface area contributed by atoms with E-state index in [9.17, 15) is 9.90 Å². The molecule has 1 heterocycles. The predicted molar refractivity (Wildman–Crippen MR) is 92.0 cm³/mol. The fraction of sp³-hybridized carbons (Fsp3) is 0.526. The van der Waals surface area contributed by atoms with Crippen LogP contribution in [-0.4, -0.2) is 21.6 Å². The third kappa shape index (κ3) is 3.27. The van der Waals surface area contributed by atoms with Gasteiger partial charge in [-0.3, -0.25) is 4.79 Å². The summed E-state index contributed by atoms with van der Waals surface area (Å²) in [6, 6.07) is 8.06. The molecule has 1 atom stereocenters. The van der Waals surface area contributed by atoms with E-state index < -0.39 is 11.0 Å². The van der Waals surface area contributed by atoms with Gasteiger partial charge in [0.15, 0.2) is 0 Å². The monoisotopic (exact) mass is 314 g/mol. The molecule has 124 valence electrons. The summed E-state index contributed by atoms with van der Waals surface area (Å²) in [4.78, 5) is 15.4. The molecule has 0 saturated heterocycles. The molecule has 1 aliphatic rings. The number of para-hydroxylation sites is 1. The van der Waals surface area contributed by atoms with Crippen molar-refractivity contribution in [1.82, 2.24) is 4.98 Å². The van der Waals surface area contributed by atoms with Crippen molar-refractivity contribution in [2.24, 2.45) is 11.1 Å². The molecule has 0 spiro atoms. The Kier molecular flexibility index (Phi) is 4.19. The average Bonchev–Trinajstić information content (AvgIpc) is 2.90. The van der Waals surface area contributed by atoms with Gasteiger partial charge in [-0.15, -0.1) is 0 Å². The Morgan fingerprint density at radius 1 is 1.30 bits per heavy atom. The number of fused-ring (bicyclic) bond motifs is 1. The third-order valence-corrected chi connectivity index (χ3v) is 5.35. The van der Waals surface area contributed by atoms with E-state index in [1.807, 2.05) is 31.3 Å². The van der Waals surface area contributed by atoms with Crippen LogP contribution in [0.5, 0.6) is 0 Å². The van der Waals surface area contributed by atoms with Gasteiger partial charge in [-0.2, -0.15) is 0 Å². The van der Waals surface area contributed by atoms with Crippen LogP contribution in [0.2, 0.25) is 0 Å². The van der Waals surface area contributed by atoms with Gasteiger partial charge >= 0.3 is 0 Å². The SMILES string of the molecule is CC(Cc1c[nH]c2ccccc12)(CC1(O)CCCCC1)C(N)=O. The van der Waals surface area contributed by atoms with Gasteiger partial charge < -0.3 is 15.8 Å². The van der Waals surface area contributed by atoms with E-state index in [0.717, 1.165) is 48.6 Å². The summed E-state index contributed by atoms with van der Waals surface area (Å²) < 4.78 is 0. The van der Waals surface area contributed by atoms with Crippen molar-refractivity contribution < 1.29 is 9.90 Å². The number of aliphatic hydroxyl groups is 1.